The third kappa shape index (κ3) is 4.88. The Balaban J connectivity index is 1.70. The molecule has 0 N–H and O–H groups in total. The topological polar surface area (TPSA) is 26.3 Å². The Morgan fingerprint density at radius 2 is 1.86 bits per heavy atom. The largest absolute Gasteiger partial charge is 0.490 e. The van der Waals surface area contributed by atoms with Gasteiger partial charge in [0.2, 0.25) is 0 Å². The number of hydrogen-bond donors (Lipinski definition) is 0. The van der Waals surface area contributed by atoms with Crippen LogP contribution in [-0.2, 0) is 0 Å². The fraction of sp³-hybridized carbons (Fsp3) is 0.278. The lowest BCUT2D eigenvalue weighted by Crippen LogP contribution is -2.00. The van der Waals surface area contributed by atoms with Gasteiger partial charge in [-0.25, -0.2) is 4.39 Å². The second-order valence-electron chi connectivity index (χ2n) is 4.78. The summed E-state index contributed by atoms with van der Waals surface area (Å²) in [5.41, 5.74) is 0.759. The van der Waals surface area contributed by atoms with Gasteiger partial charge in [-0.3, -0.25) is 4.79 Å². The minimum absolute atomic E-state index is 0.162. The van der Waals surface area contributed by atoms with Gasteiger partial charge in [0, 0.05) is 22.6 Å². The number of benzene rings is 2. The van der Waals surface area contributed by atoms with Gasteiger partial charge in [-0.05, 0) is 30.7 Å². The number of para-hydroxylation sites is 1. The Labute approximate surface area is 134 Å². The highest BCUT2D eigenvalue weighted by Crippen LogP contribution is 2.20. The number of thioether (sulfide) groups is 1. The summed E-state index contributed by atoms with van der Waals surface area (Å²) in [6.07, 6.45) is 1.36. The van der Waals surface area contributed by atoms with Crippen molar-refractivity contribution in [3.63, 3.8) is 0 Å². The van der Waals surface area contributed by atoms with Crippen LogP contribution < -0.4 is 4.74 Å². The van der Waals surface area contributed by atoms with Crippen molar-refractivity contribution in [3.8, 4) is 5.75 Å². The summed E-state index contributed by atoms with van der Waals surface area (Å²) in [6.45, 7) is 2.35. The second-order valence-corrected chi connectivity index (χ2v) is 5.95. The summed E-state index contributed by atoms with van der Waals surface area (Å²) in [5, 5.41) is 0. The molecule has 0 saturated heterocycles. The number of halogens is 1. The number of hydrogen-bond acceptors (Lipinski definition) is 3. The van der Waals surface area contributed by atoms with E-state index in [-0.39, 0.29) is 11.6 Å². The zero-order chi connectivity index (χ0) is 15.8. The molecule has 2 rings (SSSR count). The zero-order valence-electron chi connectivity index (χ0n) is 12.5. The molecule has 4 heteroatoms. The molecule has 0 saturated carbocycles. The summed E-state index contributed by atoms with van der Waals surface area (Å²) in [6, 6.07) is 14.1. The van der Waals surface area contributed by atoms with Crippen LogP contribution in [0.1, 0.15) is 30.1 Å². The molecule has 0 atom stereocenters. The molecule has 0 bridgehead atoms. The van der Waals surface area contributed by atoms with Gasteiger partial charge in [-0.15, -0.1) is 11.8 Å². The first-order valence-electron chi connectivity index (χ1n) is 7.34. The van der Waals surface area contributed by atoms with Crippen molar-refractivity contribution in [3.05, 3.63) is 59.9 Å². The van der Waals surface area contributed by atoms with Crippen LogP contribution >= 0.6 is 11.8 Å². The Morgan fingerprint density at radius 3 is 2.55 bits per heavy atom. The predicted octanol–water partition coefficient (Wildman–Crippen LogP) is 4.98. The Bertz CT molecular complexity index is 611. The SMILES string of the molecule is CCC(=O)c1ccc(SCCCOc2ccccc2F)cc1. The van der Waals surface area contributed by atoms with E-state index in [0.29, 0.717) is 18.8 Å². The van der Waals surface area contributed by atoms with E-state index in [1.54, 1.807) is 30.0 Å². The van der Waals surface area contributed by atoms with Crippen molar-refractivity contribution >= 4 is 17.5 Å². The summed E-state index contributed by atoms with van der Waals surface area (Å²) >= 11 is 1.70. The molecule has 116 valence electrons. The average molecular weight is 318 g/mol. The van der Waals surface area contributed by atoms with Crippen LogP contribution in [0.5, 0.6) is 5.75 Å². The molecule has 0 aliphatic rings. The fourth-order valence-electron chi connectivity index (χ4n) is 1.93. The first kappa shape index (κ1) is 16.6. The van der Waals surface area contributed by atoms with Crippen molar-refractivity contribution in [1.29, 1.82) is 0 Å². The molecular weight excluding hydrogens is 299 g/mol. The number of rotatable bonds is 8. The van der Waals surface area contributed by atoms with E-state index in [2.05, 4.69) is 0 Å². The predicted molar refractivity (Wildman–Crippen MR) is 88.3 cm³/mol. The van der Waals surface area contributed by atoms with E-state index in [4.69, 9.17) is 4.74 Å². The standard InChI is InChI=1S/C18H19FO2S/c1-2-17(20)14-8-10-15(11-9-14)22-13-5-12-21-18-7-4-3-6-16(18)19/h3-4,6-11H,2,5,12-13H2,1H3. The molecule has 2 aromatic rings. The van der Waals surface area contributed by atoms with Crippen molar-refractivity contribution < 1.29 is 13.9 Å². The number of Topliss-reactive ketones (excluding diaryl/α,β-unsaturated/α-hetero) is 1. The monoisotopic (exact) mass is 318 g/mol. The lowest BCUT2D eigenvalue weighted by molar-refractivity contribution is 0.0988. The summed E-state index contributed by atoms with van der Waals surface area (Å²) in [4.78, 5) is 12.7. The van der Waals surface area contributed by atoms with Crippen molar-refractivity contribution in [2.75, 3.05) is 12.4 Å². The molecule has 0 radical (unpaired) electrons. The van der Waals surface area contributed by atoms with E-state index in [0.717, 1.165) is 22.6 Å². The van der Waals surface area contributed by atoms with Crippen LogP contribution in [0.2, 0.25) is 0 Å². The lowest BCUT2D eigenvalue weighted by atomic mass is 10.1. The quantitative estimate of drug-likeness (QED) is 0.390. The van der Waals surface area contributed by atoms with Crippen LogP contribution in [0, 0.1) is 5.82 Å². The first-order chi connectivity index (χ1) is 10.7. The summed E-state index contributed by atoms with van der Waals surface area (Å²) in [7, 11) is 0. The fourth-order valence-corrected chi connectivity index (χ4v) is 2.76. The molecule has 0 aliphatic carbocycles. The third-order valence-electron chi connectivity index (χ3n) is 3.15. The zero-order valence-corrected chi connectivity index (χ0v) is 13.4. The molecule has 0 amide bonds. The molecule has 0 spiro atoms. The average Bonchev–Trinajstić information content (AvgIpc) is 2.56. The molecule has 2 aromatic carbocycles. The first-order valence-corrected chi connectivity index (χ1v) is 8.32. The maximum atomic E-state index is 13.3. The highest BCUT2D eigenvalue weighted by Gasteiger charge is 2.03. The highest BCUT2D eigenvalue weighted by atomic mass is 32.2. The van der Waals surface area contributed by atoms with Crippen LogP contribution in [0.4, 0.5) is 4.39 Å². The molecule has 0 aromatic heterocycles. The Kier molecular flexibility index (Phi) is 6.46. The minimum atomic E-state index is -0.327. The smallest absolute Gasteiger partial charge is 0.165 e. The maximum Gasteiger partial charge on any atom is 0.165 e. The lowest BCUT2D eigenvalue weighted by Gasteiger charge is -2.07. The van der Waals surface area contributed by atoms with Gasteiger partial charge in [0.15, 0.2) is 17.3 Å². The van der Waals surface area contributed by atoms with Gasteiger partial charge in [-0.2, -0.15) is 0 Å². The van der Waals surface area contributed by atoms with E-state index in [9.17, 15) is 9.18 Å². The van der Waals surface area contributed by atoms with Crippen LogP contribution in [0.3, 0.4) is 0 Å². The number of ether oxygens (including phenoxy) is 1. The van der Waals surface area contributed by atoms with Gasteiger partial charge >= 0.3 is 0 Å². The van der Waals surface area contributed by atoms with Gasteiger partial charge < -0.3 is 4.74 Å². The van der Waals surface area contributed by atoms with Crippen molar-refractivity contribution in [2.24, 2.45) is 0 Å². The van der Waals surface area contributed by atoms with E-state index >= 15 is 0 Å². The molecule has 2 nitrogen and oxygen atoms in total. The second kappa shape index (κ2) is 8.59. The van der Waals surface area contributed by atoms with Gasteiger partial charge in [0.1, 0.15) is 0 Å². The number of ketones is 1. The van der Waals surface area contributed by atoms with Crippen LogP contribution in [0.25, 0.3) is 0 Å². The molecule has 22 heavy (non-hydrogen) atoms. The normalized spacial score (nSPS) is 10.5. The van der Waals surface area contributed by atoms with E-state index in [1.807, 2.05) is 31.2 Å². The van der Waals surface area contributed by atoms with Crippen molar-refractivity contribution in [1.82, 2.24) is 0 Å². The van der Waals surface area contributed by atoms with E-state index in [1.165, 1.54) is 6.07 Å². The molecule has 0 aliphatic heterocycles. The minimum Gasteiger partial charge on any atom is -0.490 e. The Hall–Kier alpha value is -1.81. The summed E-state index contributed by atoms with van der Waals surface area (Å²) < 4.78 is 18.7. The van der Waals surface area contributed by atoms with E-state index < -0.39 is 0 Å². The Morgan fingerprint density at radius 1 is 1.14 bits per heavy atom. The van der Waals surface area contributed by atoms with Crippen LogP contribution in [-0.4, -0.2) is 18.1 Å². The number of carbonyl (C=O) groups excluding carboxylic acids is 1. The van der Waals surface area contributed by atoms with Crippen LogP contribution in [0.15, 0.2) is 53.4 Å². The number of carbonyl (C=O) groups is 1. The molecular formula is C18H19FO2S. The molecule has 0 fully saturated rings. The maximum absolute atomic E-state index is 13.3. The molecule has 0 heterocycles. The van der Waals surface area contributed by atoms with Gasteiger partial charge in [-0.1, -0.05) is 31.2 Å². The highest BCUT2D eigenvalue weighted by molar-refractivity contribution is 7.99. The van der Waals surface area contributed by atoms with Gasteiger partial charge in [0.25, 0.3) is 0 Å². The molecule has 0 unspecified atom stereocenters. The summed E-state index contributed by atoms with van der Waals surface area (Å²) in [5.74, 6) is 1.02. The van der Waals surface area contributed by atoms with Gasteiger partial charge in [0.05, 0.1) is 6.61 Å². The third-order valence-corrected chi connectivity index (χ3v) is 4.25. The van der Waals surface area contributed by atoms with Crippen molar-refractivity contribution in [2.45, 2.75) is 24.7 Å².